The Morgan fingerprint density at radius 1 is 0.923 bits per heavy atom. The SMILES string of the molecule is CC(C)c1ccc(-c2cccc3cc(O)ccc23)c(C(C)C)c1C(N)=O. The predicted molar refractivity (Wildman–Crippen MR) is 108 cm³/mol. The first-order valence-electron chi connectivity index (χ1n) is 9.00. The molecule has 0 heterocycles. The molecule has 3 aromatic carbocycles. The van der Waals surface area contributed by atoms with Gasteiger partial charge in [-0.25, -0.2) is 0 Å². The van der Waals surface area contributed by atoms with Crippen LogP contribution >= 0.6 is 0 Å². The normalized spacial score (nSPS) is 11.5. The summed E-state index contributed by atoms with van der Waals surface area (Å²) in [4.78, 5) is 12.3. The molecule has 0 aliphatic carbocycles. The molecule has 26 heavy (non-hydrogen) atoms. The molecule has 134 valence electrons. The Morgan fingerprint density at radius 3 is 2.27 bits per heavy atom. The number of rotatable bonds is 4. The second-order valence-electron chi connectivity index (χ2n) is 7.38. The van der Waals surface area contributed by atoms with E-state index < -0.39 is 0 Å². The standard InChI is InChI=1S/C23H25NO2/c1-13(2)17-10-11-20(21(14(3)4)22(17)23(24)26)19-7-5-6-15-12-16(25)8-9-18(15)19/h5-14,25H,1-4H3,(H2,24,26). The minimum absolute atomic E-state index is 0.151. The predicted octanol–water partition coefficient (Wildman–Crippen LogP) is 5.56. The number of phenols is 1. The molecule has 3 rings (SSSR count). The maximum Gasteiger partial charge on any atom is 0.249 e. The van der Waals surface area contributed by atoms with E-state index >= 15 is 0 Å². The van der Waals surface area contributed by atoms with Crippen LogP contribution in [0.15, 0.2) is 48.5 Å². The second kappa shape index (κ2) is 6.83. The molecule has 0 aliphatic heterocycles. The monoisotopic (exact) mass is 347 g/mol. The highest BCUT2D eigenvalue weighted by Crippen LogP contribution is 2.39. The summed E-state index contributed by atoms with van der Waals surface area (Å²) in [6, 6.07) is 15.5. The zero-order valence-corrected chi connectivity index (χ0v) is 15.7. The van der Waals surface area contributed by atoms with Gasteiger partial charge in [-0.2, -0.15) is 0 Å². The van der Waals surface area contributed by atoms with Crippen molar-refractivity contribution in [2.24, 2.45) is 5.73 Å². The first-order valence-corrected chi connectivity index (χ1v) is 9.00. The van der Waals surface area contributed by atoms with Crippen molar-refractivity contribution < 1.29 is 9.90 Å². The maximum absolute atomic E-state index is 12.3. The largest absolute Gasteiger partial charge is 0.508 e. The Balaban J connectivity index is 2.40. The number of fused-ring (bicyclic) bond motifs is 1. The van der Waals surface area contributed by atoms with Crippen molar-refractivity contribution >= 4 is 16.7 Å². The lowest BCUT2D eigenvalue weighted by molar-refractivity contribution is 0.0998. The quantitative estimate of drug-likeness (QED) is 0.649. The van der Waals surface area contributed by atoms with Crippen molar-refractivity contribution in [3.8, 4) is 16.9 Å². The number of primary amides is 1. The van der Waals surface area contributed by atoms with Gasteiger partial charge in [-0.05, 0) is 57.0 Å². The van der Waals surface area contributed by atoms with Crippen molar-refractivity contribution in [3.05, 3.63) is 65.2 Å². The highest BCUT2D eigenvalue weighted by Gasteiger charge is 2.22. The lowest BCUT2D eigenvalue weighted by atomic mass is 9.82. The minimum Gasteiger partial charge on any atom is -0.508 e. The molecule has 3 nitrogen and oxygen atoms in total. The van der Waals surface area contributed by atoms with Crippen LogP contribution < -0.4 is 5.73 Å². The van der Waals surface area contributed by atoms with E-state index in [1.807, 2.05) is 24.3 Å². The third kappa shape index (κ3) is 3.05. The Hall–Kier alpha value is -2.81. The van der Waals surface area contributed by atoms with Gasteiger partial charge < -0.3 is 10.8 Å². The van der Waals surface area contributed by atoms with E-state index in [1.54, 1.807) is 12.1 Å². The molecular formula is C23H25NO2. The summed E-state index contributed by atoms with van der Waals surface area (Å²) in [5.41, 5.74) is 10.5. The van der Waals surface area contributed by atoms with Crippen LogP contribution in [0.4, 0.5) is 0 Å². The molecule has 3 heteroatoms. The van der Waals surface area contributed by atoms with Crippen LogP contribution in [0, 0.1) is 0 Å². The van der Waals surface area contributed by atoms with E-state index in [1.165, 1.54) is 0 Å². The van der Waals surface area contributed by atoms with Gasteiger partial charge in [-0.3, -0.25) is 4.79 Å². The number of amides is 1. The number of hydrogen-bond acceptors (Lipinski definition) is 2. The molecular weight excluding hydrogens is 322 g/mol. The topological polar surface area (TPSA) is 63.3 Å². The zero-order chi connectivity index (χ0) is 19.0. The third-order valence-electron chi connectivity index (χ3n) is 4.88. The highest BCUT2D eigenvalue weighted by molar-refractivity contribution is 6.02. The molecule has 0 atom stereocenters. The second-order valence-corrected chi connectivity index (χ2v) is 7.38. The number of nitrogens with two attached hydrogens (primary N) is 1. The molecule has 0 saturated heterocycles. The first-order chi connectivity index (χ1) is 12.3. The average Bonchev–Trinajstić information content (AvgIpc) is 2.59. The molecule has 0 fully saturated rings. The van der Waals surface area contributed by atoms with Gasteiger partial charge in [-0.1, -0.05) is 64.1 Å². The van der Waals surface area contributed by atoms with Crippen LogP contribution in [0.1, 0.15) is 61.0 Å². The van der Waals surface area contributed by atoms with Crippen molar-refractivity contribution in [1.82, 2.24) is 0 Å². The maximum atomic E-state index is 12.3. The van der Waals surface area contributed by atoms with Crippen LogP contribution in [0.3, 0.4) is 0 Å². The van der Waals surface area contributed by atoms with Crippen LogP contribution in [-0.4, -0.2) is 11.0 Å². The minimum atomic E-state index is -0.378. The fourth-order valence-corrected chi connectivity index (χ4v) is 3.73. The van der Waals surface area contributed by atoms with Crippen LogP contribution in [0.2, 0.25) is 0 Å². The van der Waals surface area contributed by atoms with Gasteiger partial charge in [0, 0.05) is 5.56 Å². The molecule has 0 aromatic heterocycles. The van der Waals surface area contributed by atoms with Gasteiger partial charge in [-0.15, -0.1) is 0 Å². The molecule has 3 aromatic rings. The summed E-state index contributed by atoms with van der Waals surface area (Å²) in [5.74, 6) is 0.232. The van der Waals surface area contributed by atoms with Crippen molar-refractivity contribution in [1.29, 1.82) is 0 Å². The average molecular weight is 347 g/mol. The van der Waals surface area contributed by atoms with E-state index in [4.69, 9.17) is 5.73 Å². The van der Waals surface area contributed by atoms with E-state index in [0.29, 0.717) is 5.56 Å². The van der Waals surface area contributed by atoms with E-state index in [9.17, 15) is 9.90 Å². The fourth-order valence-electron chi connectivity index (χ4n) is 3.73. The molecule has 1 amide bonds. The number of carbonyl (C=O) groups is 1. The third-order valence-corrected chi connectivity index (χ3v) is 4.88. The van der Waals surface area contributed by atoms with Gasteiger partial charge in [0.1, 0.15) is 5.75 Å². The number of benzene rings is 3. The van der Waals surface area contributed by atoms with Gasteiger partial charge in [0.25, 0.3) is 0 Å². The number of hydrogen-bond donors (Lipinski definition) is 2. The lowest BCUT2D eigenvalue weighted by Crippen LogP contribution is -2.18. The first kappa shape index (κ1) is 18.0. The van der Waals surface area contributed by atoms with Gasteiger partial charge in [0.2, 0.25) is 5.91 Å². The molecule has 0 bridgehead atoms. The van der Waals surface area contributed by atoms with Crippen LogP contribution in [0.25, 0.3) is 21.9 Å². The highest BCUT2D eigenvalue weighted by atomic mass is 16.3. The molecule has 0 aliphatic rings. The molecule has 0 radical (unpaired) electrons. The number of phenolic OH excluding ortho intramolecular Hbond substituents is 1. The van der Waals surface area contributed by atoms with Crippen LogP contribution in [-0.2, 0) is 0 Å². The van der Waals surface area contributed by atoms with Gasteiger partial charge >= 0.3 is 0 Å². The summed E-state index contributed by atoms with van der Waals surface area (Å²) in [6.07, 6.45) is 0. The molecule has 3 N–H and O–H groups in total. The van der Waals surface area contributed by atoms with E-state index in [0.717, 1.165) is 33.0 Å². The molecule has 0 unspecified atom stereocenters. The number of aromatic hydroxyl groups is 1. The van der Waals surface area contributed by atoms with Crippen molar-refractivity contribution in [3.63, 3.8) is 0 Å². The Bertz CT molecular complexity index is 987. The van der Waals surface area contributed by atoms with Gasteiger partial charge in [0.05, 0.1) is 0 Å². The van der Waals surface area contributed by atoms with Crippen molar-refractivity contribution in [2.75, 3.05) is 0 Å². The molecule has 0 spiro atoms. The Kier molecular flexibility index (Phi) is 4.73. The van der Waals surface area contributed by atoms with Gasteiger partial charge in [0.15, 0.2) is 0 Å². The molecule has 0 saturated carbocycles. The smallest absolute Gasteiger partial charge is 0.249 e. The Labute approximate surface area is 154 Å². The lowest BCUT2D eigenvalue weighted by Gasteiger charge is -2.22. The summed E-state index contributed by atoms with van der Waals surface area (Å²) in [7, 11) is 0. The van der Waals surface area contributed by atoms with Crippen LogP contribution in [0.5, 0.6) is 5.75 Å². The zero-order valence-electron chi connectivity index (χ0n) is 15.7. The summed E-state index contributed by atoms with van der Waals surface area (Å²) >= 11 is 0. The summed E-state index contributed by atoms with van der Waals surface area (Å²) < 4.78 is 0. The fraction of sp³-hybridized carbons (Fsp3) is 0.261. The van der Waals surface area contributed by atoms with E-state index in [2.05, 4.69) is 39.8 Å². The number of carbonyl (C=O) groups excluding carboxylic acids is 1. The van der Waals surface area contributed by atoms with Crippen molar-refractivity contribution in [2.45, 2.75) is 39.5 Å². The Morgan fingerprint density at radius 2 is 1.65 bits per heavy atom. The summed E-state index contributed by atoms with van der Waals surface area (Å²) in [5, 5.41) is 11.8. The van der Waals surface area contributed by atoms with E-state index in [-0.39, 0.29) is 23.5 Å². The summed E-state index contributed by atoms with van der Waals surface area (Å²) in [6.45, 7) is 8.33.